The highest BCUT2D eigenvalue weighted by molar-refractivity contribution is 5.77. The van der Waals surface area contributed by atoms with Gasteiger partial charge in [0.25, 0.3) is 0 Å². The van der Waals surface area contributed by atoms with Gasteiger partial charge in [-0.05, 0) is 64.9 Å². The third kappa shape index (κ3) is 3.45. The van der Waals surface area contributed by atoms with Crippen molar-refractivity contribution < 1.29 is 0 Å². The molecule has 0 nitrogen and oxygen atoms in total. The van der Waals surface area contributed by atoms with Crippen LogP contribution in [-0.2, 0) is 0 Å². The van der Waals surface area contributed by atoms with E-state index in [2.05, 4.69) is 111 Å². The molecule has 26 heavy (non-hydrogen) atoms. The molecule has 0 aliphatic heterocycles. The summed E-state index contributed by atoms with van der Waals surface area (Å²) in [5.74, 6) is 0. The minimum absolute atomic E-state index is 1.25. The minimum Gasteiger partial charge on any atom is -0.0622 e. The molecular formula is C26H22. The van der Waals surface area contributed by atoms with Crippen molar-refractivity contribution >= 4 is 0 Å². The monoisotopic (exact) mass is 334 g/mol. The number of rotatable bonds is 3. The zero-order valence-electron chi connectivity index (χ0n) is 15.2. The molecule has 0 atom stereocenters. The quantitative estimate of drug-likeness (QED) is 0.368. The van der Waals surface area contributed by atoms with Gasteiger partial charge in [-0.25, -0.2) is 0 Å². The van der Waals surface area contributed by atoms with Crippen LogP contribution in [0.25, 0.3) is 33.4 Å². The summed E-state index contributed by atoms with van der Waals surface area (Å²) < 4.78 is 0. The number of benzene rings is 4. The number of hydrogen-bond acceptors (Lipinski definition) is 0. The molecule has 0 radical (unpaired) electrons. The third-order valence-electron chi connectivity index (χ3n) is 4.73. The van der Waals surface area contributed by atoms with Crippen molar-refractivity contribution in [3.05, 3.63) is 108 Å². The summed E-state index contributed by atoms with van der Waals surface area (Å²) in [6.45, 7) is 4.31. The highest BCUT2D eigenvalue weighted by Gasteiger charge is 2.06. The Hall–Kier alpha value is -3.12. The van der Waals surface area contributed by atoms with E-state index in [1.807, 2.05) is 0 Å². The lowest BCUT2D eigenvalue weighted by molar-refractivity contribution is 1.45. The van der Waals surface area contributed by atoms with Crippen molar-refractivity contribution in [1.29, 1.82) is 0 Å². The second-order valence-electron chi connectivity index (χ2n) is 6.90. The largest absolute Gasteiger partial charge is 0.0622 e. The first kappa shape index (κ1) is 16.4. The average molecular weight is 334 g/mol. The second-order valence-corrected chi connectivity index (χ2v) is 6.90. The van der Waals surface area contributed by atoms with E-state index in [4.69, 9.17) is 0 Å². The summed E-state index contributed by atoms with van der Waals surface area (Å²) >= 11 is 0. The summed E-state index contributed by atoms with van der Waals surface area (Å²) in [4.78, 5) is 0. The van der Waals surface area contributed by atoms with Gasteiger partial charge >= 0.3 is 0 Å². The van der Waals surface area contributed by atoms with E-state index in [0.717, 1.165) is 0 Å². The first-order chi connectivity index (χ1) is 12.7. The summed E-state index contributed by atoms with van der Waals surface area (Å²) in [6, 6.07) is 34.9. The van der Waals surface area contributed by atoms with Crippen LogP contribution in [0.5, 0.6) is 0 Å². The van der Waals surface area contributed by atoms with Crippen LogP contribution >= 0.6 is 0 Å². The van der Waals surface area contributed by atoms with Crippen molar-refractivity contribution in [1.82, 2.24) is 0 Å². The predicted molar refractivity (Wildman–Crippen MR) is 112 cm³/mol. The molecule has 0 aliphatic rings. The van der Waals surface area contributed by atoms with Gasteiger partial charge in [-0.1, -0.05) is 90.5 Å². The lowest BCUT2D eigenvalue weighted by Crippen LogP contribution is -1.86. The summed E-state index contributed by atoms with van der Waals surface area (Å²) in [5.41, 5.74) is 10.1. The van der Waals surface area contributed by atoms with E-state index >= 15 is 0 Å². The molecule has 0 saturated carbocycles. The van der Waals surface area contributed by atoms with E-state index in [9.17, 15) is 0 Å². The Kier molecular flexibility index (Phi) is 4.41. The Balaban J connectivity index is 1.79. The first-order valence-corrected chi connectivity index (χ1v) is 9.04. The van der Waals surface area contributed by atoms with Gasteiger partial charge < -0.3 is 0 Å². The molecule has 0 aromatic heterocycles. The zero-order valence-corrected chi connectivity index (χ0v) is 15.2. The molecule has 0 unspecified atom stereocenters. The van der Waals surface area contributed by atoms with Gasteiger partial charge in [0.1, 0.15) is 0 Å². The van der Waals surface area contributed by atoms with Gasteiger partial charge in [0.2, 0.25) is 0 Å². The third-order valence-corrected chi connectivity index (χ3v) is 4.73. The van der Waals surface area contributed by atoms with Crippen molar-refractivity contribution in [2.45, 2.75) is 13.8 Å². The Labute approximate surface area is 155 Å². The smallest absolute Gasteiger partial charge is 0.0175 e. The Bertz CT molecular complexity index is 1040. The van der Waals surface area contributed by atoms with Gasteiger partial charge in [0.05, 0.1) is 0 Å². The normalized spacial score (nSPS) is 10.7. The second kappa shape index (κ2) is 7.01. The molecule has 0 spiro atoms. The molecule has 4 aromatic rings. The zero-order chi connectivity index (χ0) is 17.9. The number of hydrogen-bond donors (Lipinski definition) is 0. The average Bonchev–Trinajstić information content (AvgIpc) is 2.68. The lowest BCUT2D eigenvalue weighted by Gasteiger charge is -2.10. The van der Waals surface area contributed by atoms with Crippen molar-refractivity contribution in [3.8, 4) is 33.4 Å². The molecule has 0 N–H and O–H groups in total. The van der Waals surface area contributed by atoms with E-state index in [1.165, 1.54) is 44.5 Å². The molecule has 4 aromatic carbocycles. The van der Waals surface area contributed by atoms with E-state index in [1.54, 1.807) is 0 Å². The van der Waals surface area contributed by atoms with Gasteiger partial charge in [-0.2, -0.15) is 0 Å². The van der Waals surface area contributed by atoms with Gasteiger partial charge in [-0.15, -0.1) is 0 Å². The van der Waals surface area contributed by atoms with Crippen LogP contribution in [0, 0.1) is 13.8 Å². The minimum atomic E-state index is 1.25. The summed E-state index contributed by atoms with van der Waals surface area (Å²) in [5, 5.41) is 0. The highest BCUT2D eigenvalue weighted by Crippen LogP contribution is 2.31. The number of aryl methyl sites for hydroxylation is 2. The fraction of sp³-hybridized carbons (Fsp3) is 0.0769. The van der Waals surface area contributed by atoms with Crippen LogP contribution < -0.4 is 0 Å². The summed E-state index contributed by atoms with van der Waals surface area (Å²) in [7, 11) is 0. The lowest BCUT2D eigenvalue weighted by atomic mass is 9.94. The Morgan fingerprint density at radius 2 is 0.808 bits per heavy atom. The molecule has 0 heterocycles. The first-order valence-electron chi connectivity index (χ1n) is 9.04. The maximum atomic E-state index is 2.29. The molecule has 0 aliphatic carbocycles. The van der Waals surface area contributed by atoms with Gasteiger partial charge in [-0.3, -0.25) is 0 Å². The van der Waals surface area contributed by atoms with Gasteiger partial charge in [0.15, 0.2) is 0 Å². The molecule has 0 heteroatoms. The van der Waals surface area contributed by atoms with E-state index in [-0.39, 0.29) is 0 Å². The molecule has 126 valence electrons. The van der Waals surface area contributed by atoms with Crippen LogP contribution in [0.1, 0.15) is 11.1 Å². The van der Waals surface area contributed by atoms with Crippen molar-refractivity contribution in [3.63, 3.8) is 0 Å². The highest BCUT2D eigenvalue weighted by atomic mass is 14.1. The summed E-state index contributed by atoms with van der Waals surface area (Å²) in [6.07, 6.45) is 0. The van der Waals surface area contributed by atoms with Crippen LogP contribution in [0.15, 0.2) is 97.1 Å². The van der Waals surface area contributed by atoms with Crippen LogP contribution in [0.3, 0.4) is 0 Å². The maximum absolute atomic E-state index is 2.29. The maximum Gasteiger partial charge on any atom is -0.0175 e. The van der Waals surface area contributed by atoms with Crippen LogP contribution in [-0.4, -0.2) is 0 Å². The SMILES string of the molecule is Cc1cccc(-c2cccc(-c3cc(C)cc(-c4ccccc4)c3)c2)c1. The molecule has 0 fully saturated rings. The molecule has 0 bridgehead atoms. The van der Waals surface area contributed by atoms with E-state index in [0.29, 0.717) is 0 Å². The molecule has 0 saturated heterocycles. The fourth-order valence-corrected chi connectivity index (χ4v) is 3.45. The Morgan fingerprint density at radius 3 is 1.50 bits per heavy atom. The van der Waals surface area contributed by atoms with Gasteiger partial charge in [0, 0.05) is 0 Å². The topological polar surface area (TPSA) is 0 Å². The Morgan fingerprint density at radius 1 is 0.346 bits per heavy atom. The fourth-order valence-electron chi connectivity index (χ4n) is 3.45. The molecule has 4 rings (SSSR count). The molecule has 0 amide bonds. The predicted octanol–water partition coefficient (Wildman–Crippen LogP) is 7.30. The van der Waals surface area contributed by atoms with Crippen LogP contribution in [0.2, 0.25) is 0 Å². The van der Waals surface area contributed by atoms with Crippen LogP contribution in [0.4, 0.5) is 0 Å². The molecular weight excluding hydrogens is 312 g/mol. The van der Waals surface area contributed by atoms with Crippen molar-refractivity contribution in [2.75, 3.05) is 0 Å². The van der Waals surface area contributed by atoms with E-state index < -0.39 is 0 Å². The van der Waals surface area contributed by atoms with Crippen molar-refractivity contribution in [2.24, 2.45) is 0 Å². The standard InChI is InChI=1S/C26H22/c1-19-8-6-11-22(14-19)23-12-7-13-24(17-23)26-16-20(2)15-25(18-26)21-9-4-3-5-10-21/h3-18H,1-2H3.